The summed E-state index contributed by atoms with van der Waals surface area (Å²) in [6.07, 6.45) is 4.56. The van der Waals surface area contributed by atoms with Gasteiger partial charge in [-0.1, -0.05) is 41.5 Å². The number of imidazole rings is 1. The number of hydrogen-bond acceptors (Lipinski definition) is 10. The van der Waals surface area contributed by atoms with Crippen LogP contribution in [0.1, 0.15) is 36.8 Å². The standard InChI is InChI=1S/C25H27FN8S3/c1-4-19-22(31(2)23-29-21(20(13-27)35-23)15-5-7-16(26)8-6-15)34-24(28-19)36-25(30-34)33-12-11-17(14-33)32(3)37-18-9-10-18/h5-8,17-18H,4,9-12,14H2,1-3H3. The molecule has 1 aliphatic heterocycles. The van der Waals surface area contributed by atoms with Crippen LogP contribution in [0.2, 0.25) is 0 Å². The fourth-order valence-electron chi connectivity index (χ4n) is 4.60. The van der Waals surface area contributed by atoms with Crippen molar-refractivity contribution in [3.05, 3.63) is 40.7 Å². The summed E-state index contributed by atoms with van der Waals surface area (Å²) < 4.78 is 17.8. The Labute approximate surface area is 227 Å². The number of nitrogens with zero attached hydrogens (tertiary/aromatic N) is 8. The van der Waals surface area contributed by atoms with E-state index < -0.39 is 0 Å². The van der Waals surface area contributed by atoms with Gasteiger partial charge in [-0.05, 0) is 57.0 Å². The number of aromatic nitrogens is 4. The Hall–Kier alpha value is -2.72. The number of rotatable bonds is 8. The second-order valence-electron chi connectivity index (χ2n) is 9.41. The largest absolute Gasteiger partial charge is 0.345 e. The maximum atomic E-state index is 13.4. The molecule has 0 bridgehead atoms. The molecule has 1 aliphatic carbocycles. The van der Waals surface area contributed by atoms with Crippen molar-refractivity contribution in [1.29, 1.82) is 5.26 Å². The Balaban J connectivity index is 1.29. The van der Waals surface area contributed by atoms with Crippen LogP contribution < -0.4 is 9.80 Å². The van der Waals surface area contributed by atoms with Gasteiger partial charge in [-0.3, -0.25) is 0 Å². The van der Waals surface area contributed by atoms with Gasteiger partial charge >= 0.3 is 0 Å². The molecule has 8 nitrogen and oxygen atoms in total. The van der Waals surface area contributed by atoms with E-state index in [9.17, 15) is 9.65 Å². The number of anilines is 3. The van der Waals surface area contributed by atoms with Crippen LogP contribution >= 0.6 is 34.6 Å². The molecule has 0 N–H and O–H groups in total. The predicted octanol–water partition coefficient (Wildman–Crippen LogP) is 5.58. The quantitative estimate of drug-likeness (QED) is 0.262. The maximum Gasteiger partial charge on any atom is 0.216 e. The minimum Gasteiger partial charge on any atom is -0.345 e. The van der Waals surface area contributed by atoms with E-state index in [1.54, 1.807) is 23.5 Å². The second-order valence-corrected chi connectivity index (χ2v) is 12.8. The Bertz CT molecular complexity index is 1470. The van der Waals surface area contributed by atoms with Crippen LogP contribution in [0.25, 0.3) is 16.2 Å². The van der Waals surface area contributed by atoms with Crippen LogP contribution in [-0.2, 0) is 6.42 Å². The molecule has 3 aromatic heterocycles. The summed E-state index contributed by atoms with van der Waals surface area (Å²) in [5, 5.41) is 17.2. The number of aryl methyl sites for hydroxylation is 1. The summed E-state index contributed by atoms with van der Waals surface area (Å²) in [7, 11) is 4.15. The molecule has 0 radical (unpaired) electrons. The minimum absolute atomic E-state index is 0.318. The van der Waals surface area contributed by atoms with E-state index in [1.165, 1.54) is 36.3 Å². The Kier molecular flexibility index (Phi) is 6.56. The van der Waals surface area contributed by atoms with E-state index in [-0.39, 0.29) is 5.82 Å². The summed E-state index contributed by atoms with van der Waals surface area (Å²) in [5.74, 6) is 0.544. The van der Waals surface area contributed by atoms with Gasteiger partial charge in [0.15, 0.2) is 10.9 Å². The zero-order chi connectivity index (χ0) is 25.7. The van der Waals surface area contributed by atoms with Gasteiger partial charge in [0.2, 0.25) is 10.1 Å². The van der Waals surface area contributed by atoms with Gasteiger partial charge in [0.25, 0.3) is 0 Å². The third-order valence-electron chi connectivity index (χ3n) is 6.80. The van der Waals surface area contributed by atoms with E-state index in [2.05, 4.69) is 29.2 Å². The molecule has 6 rings (SSSR count). The van der Waals surface area contributed by atoms with Crippen molar-refractivity contribution in [3.63, 3.8) is 0 Å². The first kappa shape index (κ1) is 24.6. The number of halogens is 1. The molecule has 1 aromatic carbocycles. The highest BCUT2D eigenvalue weighted by atomic mass is 32.2. The van der Waals surface area contributed by atoms with Gasteiger partial charge in [-0.2, -0.15) is 9.78 Å². The normalized spacial score (nSPS) is 17.7. The molecular weight excluding hydrogens is 528 g/mol. The zero-order valence-corrected chi connectivity index (χ0v) is 23.3. The van der Waals surface area contributed by atoms with Crippen molar-refractivity contribution in [1.82, 2.24) is 23.9 Å². The topological polar surface area (TPSA) is 76.6 Å². The van der Waals surface area contributed by atoms with Crippen LogP contribution in [0.5, 0.6) is 0 Å². The number of likely N-dealkylation sites (N-methyl/N-ethyl adjacent to an activating group) is 1. The molecule has 4 aromatic rings. The van der Waals surface area contributed by atoms with Gasteiger partial charge in [0.1, 0.15) is 22.5 Å². The van der Waals surface area contributed by atoms with Crippen molar-refractivity contribution in [2.24, 2.45) is 0 Å². The molecular formula is C25H27FN8S3. The first-order valence-electron chi connectivity index (χ1n) is 12.4. The minimum atomic E-state index is -0.318. The van der Waals surface area contributed by atoms with E-state index in [4.69, 9.17) is 15.1 Å². The Morgan fingerprint density at radius 3 is 2.65 bits per heavy atom. The number of benzene rings is 1. The average Bonchev–Trinajstić information content (AvgIpc) is 3.29. The molecule has 0 spiro atoms. The van der Waals surface area contributed by atoms with Gasteiger partial charge in [0.05, 0.1) is 5.69 Å². The lowest BCUT2D eigenvalue weighted by Crippen LogP contribution is -2.30. The highest BCUT2D eigenvalue weighted by molar-refractivity contribution is 7.97. The lowest BCUT2D eigenvalue weighted by atomic mass is 10.1. The molecule has 37 heavy (non-hydrogen) atoms. The summed E-state index contributed by atoms with van der Waals surface area (Å²) in [6, 6.07) is 8.86. The smallest absolute Gasteiger partial charge is 0.216 e. The Morgan fingerprint density at radius 1 is 1.16 bits per heavy atom. The van der Waals surface area contributed by atoms with E-state index in [0.717, 1.165) is 52.8 Å². The molecule has 1 atom stereocenters. The maximum absolute atomic E-state index is 13.4. The van der Waals surface area contributed by atoms with Gasteiger partial charge < -0.3 is 9.80 Å². The zero-order valence-electron chi connectivity index (χ0n) is 20.9. The number of hydrogen-bond donors (Lipinski definition) is 0. The molecule has 1 unspecified atom stereocenters. The molecule has 2 aliphatic rings. The van der Waals surface area contributed by atoms with Crippen LogP contribution in [0.3, 0.4) is 0 Å². The summed E-state index contributed by atoms with van der Waals surface area (Å²) in [5.41, 5.74) is 2.21. The van der Waals surface area contributed by atoms with Gasteiger partial charge in [0, 0.05) is 37.0 Å². The molecule has 0 amide bonds. The average molecular weight is 555 g/mol. The lowest BCUT2D eigenvalue weighted by molar-refractivity contribution is 0.438. The molecule has 192 valence electrons. The first-order chi connectivity index (χ1) is 17.9. The van der Waals surface area contributed by atoms with Crippen molar-refractivity contribution in [2.45, 2.75) is 43.9 Å². The van der Waals surface area contributed by atoms with Crippen LogP contribution in [0.4, 0.5) is 20.5 Å². The Morgan fingerprint density at radius 2 is 1.95 bits per heavy atom. The van der Waals surface area contributed by atoms with E-state index >= 15 is 0 Å². The van der Waals surface area contributed by atoms with Crippen molar-refractivity contribution in [2.75, 3.05) is 37.0 Å². The number of fused-ring (bicyclic) bond motifs is 1. The predicted molar refractivity (Wildman–Crippen MR) is 150 cm³/mol. The van der Waals surface area contributed by atoms with Crippen LogP contribution in [0, 0.1) is 17.1 Å². The summed E-state index contributed by atoms with van der Waals surface area (Å²) >= 11 is 4.93. The van der Waals surface area contributed by atoms with E-state index in [0.29, 0.717) is 27.3 Å². The molecule has 1 saturated heterocycles. The fourth-order valence-corrected chi connectivity index (χ4v) is 7.56. The van der Waals surface area contributed by atoms with Crippen LogP contribution in [0.15, 0.2) is 24.3 Å². The molecule has 2 fully saturated rings. The van der Waals surface area contributed by atoms with Gasteiger partial charge in [-0.25, -0.2) is 18.7 Å². The monoisotopic (exact) mass is 554 g/mol. The molecule has 12 heteroatoms. The SMILES string of the molecule is CCc1nc2sc(N3CCC(N(C)SC4CC4)C3)nn2c1N(C)c1nc(-c2ccc(F)cc2)c(C#N)s1. The number of nitriles is 1. The summed E-state index contributed by atoms with van der Waals surface area (Å²) in [6.45, 7) is 4.04. The summed E-state index contributed by atoms with van der Waals surface area (Å²) in [4.78, 5) is 15.4. The van der Waals surface area contributed by atoms with Crippen LogP contribution in [-0.4, -0.2) is 62.4 Å². The third kappa shape index (κ3) is 4.69. The highest BCUT2D eigenvalue weighted by Gasteiger charge is 2.33. The fraction of sp³-hybridized carbons (Fsp3) is 0.440. The first-order valence-corrected chi connectivity index (χ1v) is 14.9. The van der Waals surface area contributed by atoms with Gasteiger partial charge in [-0.15, -0.1) is 5.10 Å². The second kappa shape index (κ2) is 9.87. The number of thiazole rings is 1. The third-order valence-corrected chi connectivity index (χ3v) is 10.2. The van der Waals surface area contributed by atoms with Crippen molar-refractivity contribution < 1.29 is 4.39 Å². The van der Waals surface area contributed by atoms with Crippen molar-refractivity contribution in [3.8, 4) is 17.3 Å². The lowest BCUT2D eigenvalue weighted by Gasteiger charge is -2.23. The van der Waals surface area contributed by atoms with Crippen molar-refractivity contribution >= 4 is 55.7 Å². The molecule has 1 saturated carbocycles. The highest BCUT2D eigenvalue weighted by Crippen LogP contribution is 2.40. The molecule has 4 heterocycles. The van der Waals surface area contributed by atoms with E-state index in [1.807, 2.05) is 28.4 Å².